The summed E-state index contributed by atoms with van der Waals surface area (Å²) < 4.78 is 4.91. The van der Waals surface area contributed by atoms with E-state index >= 15 is 0 Å². The van der Waals surface area contributed by atoms with E-state index in [1.807, 2.05) is 7.05 Å². The minimum atomic E-state index is -0.501. The number of nitrogens with one attached hydrogen (secondary N) is 1. The van der Waals surface area contributed by atoms with Crippen LogP contribution >= 0.6 is 0 Å². The van der Waals surface area contributed by atoms with Gasteiger partial charge in [0.25, 0.3) is 5.91 Å². The van der Waals surface area contributed by atoms with Gasteiger partial charge in [0.15, 0.2) is 5.76 Å². The van der Waals surface area contributed by atoms with Crippen molar-refractivity contribution in [2.75, 3.05) is 33.2 Å². The van der Waals surface area contributed by atoms with Gasteiger partial charge in [-0.15, -0.1) is 0 Å². The second-order valence-corrected chi connectivity index (χ2v) is 4.03. The molecule has 1 aromatic rings. The molecule has 0 saturated carbocycles. The highest BCUT2D eigenvalue weighted by Gasteiger charge is 2.21. The van der Waals surface area contributed by atoms with Crippen LogP contribution in [0.15, 0.2) is 22.8 Å². The minimum absolute atomic E-state index is 0.146. The van der Waals surface area contributed by atoms with Crippen molar-refractivity contribution in [2.24, 2.45) is 0 Å². The summed E-state index contributed by atoms with van der Waals surface area (Å²) in [7, 11) is 2.00. The lowest BCUT2D eigenvalue weighted by Crippen LogP contribution is -2.51. The van der Waals surface area contributed by atoms with E-state index in [1.165, 1.54) is 12.3 Å². The van der Waals surface area contributed by atoms with Crippen LogP contribution in [-0.4, -0.2) is 55.0 Å². The van der Waals surface area contributed by atoms with Gasteiger partial charge in [0.2, 0.25) is 0 Å². The molecule has 1 aliphatic rings. The number of amides is 3. The molecular formula is C11H15N3O3. The normalized spacial score (nSPS) is 16.9. The van der Waals surface area contributed by atoms with Crippen LogP contribution in [0, 0.1) is 0 Å². The first-order chi connectivity index (χ1) is 8.16. The second-order valence-electron chi connectivity index (χ2n) is 4.03. The summed E-state index contributed by atoms with van der Waals surface area (Å²) in [6, 6.07) is 2.77. The molecule has 3 amide bonds. The maximum atomic E-state index is 11.7. The molecule has 0 atom stereocenters. The lowest BCUT2D eigenvalue weighted by atomic mass is 10.3. The third kappa shape index (κ3) is 2.85. The molecule has 0 bridgehead atoms. The number of hydrogen-bond acceptors (Lipinski definition) is 4. The predicted octanol–water partition coefficient (Wildman–Crippen LogP) is 0.377. The van der Waals surface area contributed by atoms with Gasteiger partial charge < -0.3 is 14.2 Å². The van der Waals surface area contributed by atoms with Crippen LogP contribution in [0.5, 0.6) is 0 Å². The molecule has 1 aromatic heterocycles. The third-order valence-corrected chi connectivity index (χ3v) is 2.76. The number of hydrogen-bond donors (Lipinski definition) is 1. The van der Waals surface area contributed by atoms with Crippen LogP contribution in [0.4, 0.5) is 4.79 Å². The Morgan fingerprint density at radius 3 is 2.59 bits per heavy atom. The van der Waals surface area contributed by atoms with Crippen molar-refractivity contribution in [3.05, 3.63) is 24.2 Å². The molecule has 6 heteroatoms. The van der Waals surface area contributed by atoms with E-state index in [-0.39, 0.29) is 11.8 Å². The van der Waals surface area contributed by atoms with Crippen LogP contribution in [0.3, 0.4) is 0 Å². The zero-order valence-corrected chi connectivity index (χ0v) is 9.68. The molecule has 2 rings (SSSR count). The smallest absolute Gasteiger partial charge is 0.324 e. The van der Waals surface area contributed by atoms with Crippen LogP contribution in [-0.2, 0) is 0 Å². The van der Waals surface area contributed by atoms with Crippen molar-refractivity contribution in [3.8, 4) is 0 Å². The largest absolute Gasteiger partial charge is 0.459 e. The molecule has 1 aliphatic heterocycles. The van der Waals surface area contributed by atoms with E-state index in [4.69, 9.17) is 4.42 Å². The highest BCUT2D eigenvalue weighted by Crippen LogP contribution is 2.02. The highest BCUT2D eigenvalue weighted by molar-refractivity contribution is 6.02. The highest BCUT2D eigenvalue weighted by atomic mass is 16.3. The lowest BCUT2D eigenvalue weighted by molar-refractivity contribution is 0.0914. The maximum Gasteiger partial charge on any atom is 0.324 e. The Labute approximate surface area is 99.2 Å². The maximum absolute atomic E-state index is 11.7. The number of rotatable bonds is 1. The molecular weight excluding hydrogens is 222 g/mol. The summed E-state index contributed by atoms with van der Waals surface area (Å²) >= 11 is 0. The van der Waals surface area contributed by atoms with Gasteiger partial charge in [0.05, 0.1) is 6.26 Å². The Hall–Kier alpha value is -1.82. The first-order valence-corrected chi connectivity index (χ1v) is 5.49. The van der Waals surface area contributed by atoms with Gasteiger partial charge in [-0.1, -0.05) is 0 Å². The molecule has 2 heterocycles. The number of nitrogens with zero attached hydrogens (tertiary/aromatic N) is 2. The summed E-state index contributed by atoms with van der Waals surface area (Å²) in [5.41, 5.74) is 0. The number of likely N-dealkylation sites (N-methyl/N-ethyl adjacent to an activating group) is 1. The molecule has 0 aromatic carbocycles. The molecule has 0 aliphatic carbocycles. The number of carbonyl (C=O) groups excluding carboxylic acids is 2. The Kier molecular flexibility index (Phi) is 3.43. The van der Waals surface area contributed by atoms with Gasteiger partial charge in [-0.2, -0.15) is 0 Å². The summed E-state index contributed by atoms with van der Waals surface area (Å²) in [4.78, 5) is 27.1. The summed E-state index contributed by atoms with van der Waals surface area (Å²) in [6.07, 6.45) is 1.40. The van der Waals surface area contributed by atoms with Crippen LogP contribution in [0.25, 0.3) is 0 Å². The van der Waals surface area contributed by atoms with E-state index in [0.29, 0.717) is 13.1 Å². The number of urea groups is 1. The molecule has 1 saturated heterocycles. The van der Waals surface area contributed by atoms with Crippen LogP contribution in [0.1, 0.15) is 10.6 Å². The topological polar surface area (TPSA) is 65.8 Å². The number of furan rings is 1. The van der Waals surface area contributed by atoms with E-state index in [2.05, 4.69) is 10.2 Å². The fraction of sp³-hybridized carbons (Fsp3) is 0.455. The molecule has 17 heavy (non-hydrogen) atoms. The molecule has 1 fully saturated rings. The van der Waals surface area contributed by atoms with Crippen molar-refractivity contribution >= 4 is 11.9 Å². The first-order valence-electron chi connectivity index (χ1n) is 5.49. The Morgan fingerprint density at radius 1 is 1.29 bits per heavy atom. The van der Waals surface area contributed by atoms with E-state index in [1.54, 1.807) is 11.0 Å². The van der Waals surface area contributed by atoms with Crippen molar-refractivity contribution in [2.45, 2.75) is 0 Å². The predicted molar refractivity (Wildman–Crippen MR) is 60.6 cm³/mol. The summed E-state index contributed by atoms with van der Waals surface area (Å²) in [5.74, 6) is -0.355. The quantitative estimate of drug-likeness (QED) is 0.766. The zero-order valence-electron chi connectivity index (χ0n) is 9.68. The fourth-order valence-electron chi connectivity index (χ4n) is 1.66. The van der Waals surface area contributed by atoms with Gasteiger partial charge in [0, 0.05) is 26.2 Å². The standard InChI is InChI=1S/C11H15N3O3/c1-13-4-6-14(7-5-13)11(16)12-10(15)9-3-2-8-17-9/h2-3,8H,4-7H2,1H3,(H,12,15,16). The molecule has 1 N–H and O–H groups in total. The molecule has 0 unspecified atom stereocenters. The Bertz CT molecular complexity index is 394. The monoisotopic (exact) mass is 237 g/mol. The summed E-state index contributed by atoms with van der Waals surface area (Å²) in [6.45, 7) is 2.91. The molecule has 0 spiro atoms. The number of carbonyl (C=O) groups is 2. The van der Waals surface area contributed by atoms with Crippen molar-refractivity contribution < 1.29 is 14.0 Å². The SMILES string of the molecule is CN1CCN(C(=O)NC(=O)c2ccco2)CC1. The average Bonchev–Trinajstić information content (AvgIpc) is 2.83. The first kappa shape index (κ1) is 11.7. The van der Waals surface area contributed by atoms with Crippen LogP contribution < -0.4 is 5.32 Å². The minimum Gasteiger partial charge on any atom is -0.459 e. The molecule has 92 valence electrons. The Balaban J connectivity index is 1.87. The van der Waals surface area contributed by atoms with Crippen LogP contribution in [0.2, 0.25) is 0 Å². The van der Waals surface area contributed by atoms with Gasteiger partial charge >= 0.3 is 6.03 Å². The van der Waals surface area contributed by atoms with Gasteiger partial charge in [-0.05, 0) is 19.2 Å². The van der Waals surface area contributed by atoms with Gasteiger partial charge in [0.1, 0.15) is 0 Å². The number of piperazine rings is 1. The average molecular weight is 237 g/mol. The second kappa shape index (κ2) is 5.01. The lowest BCUT2D eigenvalue weighted by Gasteiger charge is -2.31. The number of imide groups is 1. The van der Waals surface area contributed by atoms with Gasteiger partial charge in [-0.3, -0.25) is 10.1 Å². The fourth-order valence-corrected chi connectivity index (χ4v) is 1.66. The van der Waals surface area contributed by atoms with E-state index in [0.717, 1.165) is 13.1 Å². The van der Waals surface area contributed by atoms with Gasteiger partial charge in [-0.25, -0.2) is 4.79 Å². The third-order valence-electron chi connectivity index (χ3n) is 2.76. The molecule has 0 radical (unpaired) electrons. The van der Waals surface area contributed by atoms with E-state index in [9.17, 15) is 9.59 Å². The zero-order chi connectivity index (χ0) is 12.3. The summed E-state index contributed by atoms with van der Waals surface area (Å²) in [5, 5.41) is 2.30. The molecule has 6 nitrogen and oxygen atoms in total. The van der Waals surface area contributed by atoms with Crippen molar-refractivity contribution in [1.82, 2.24) is 15.1 Å². The Morgan fingerprint density at radius 2 is 2.00 bits per heavy atom. The van der Waals surface area contributed by atoms with Crippen molar-refractivity contribution in [3.63, 3.8) is 0 Å². The van der Waals surface area contributed by atoms with Crippen molar-refractivity contribution in [1.29, 1.82) is 0 Å². The van der Waals surface area contributed by atoms with E-state index < -0.39 is 5.91 Å².